The summed E-state index contributed by atoms with van der Waals surface area (Å²) in [6, 6.07) is 15.5. The molecule has 2 aromatic carbocycles. The number of aliphatic hydroxyl groups is 1. The van der Waals surface area contributed by atoms with Crippen molar-refractivity contribution in [3.63, 3.8) is 0 Å². The number of aromatic nitrogens is 3. The Morgan fingerprint density at radius 2 is 1.79 bits per heavy atom. The van der Waals surface area contributed by atoms with Gasteiger partial charge in [-0.1, -0.05) is 66.8 Å². The number of para-hydroxylation sites is 1. The van der Waals surface area contributed by atoms with Gasteiger partial charge in [-0.05, 0) is 30.0 Å². The van der Waals surface area contributed by atoms with E-state index < -0.39 is 29.8 Å². The van der Waals surface area contributed by atoms with Gasteiger partial charge < -0.3 is 20.6 Å². The van der Waals surface area contributed by atoms with Crippen molar-refractivity contribution in [3.05, 3.63) is 72.3 Å². The van der Waals surface area contributed by atoms with Crippen molar-refractivity contribution in [3.8, 4) is 0 Å². The second kappa shape index (κ2) is 10.7. The Balaban J connectivity index is 1.48. The number of fused-ring (bicyclic) bond motifs is 2. The Bertz CT molecular complexity index is 1360. The molecule has 2 heterocycles. The lowest BCUT2D eigenvalue weighted by Gasteiger charge is -2.33. The Morgan fingerprint density at radius 1 is 1.05 bits per heavy atom. The van der Waals surface area contributed by atoms with E-state index in [1.54, 1.807) is 11.7 Å². The van der Waals surface area contributed by atoms with Crippen LogP contribution >= 0.6 is 0 Å². The van der Waals surface area contributed by atoms with Crippen LogP contribution in [0.15, 0.2) is 66.7 Å². The molecule has 2 aliphatic rings. The summed E-state index contributed by atoms with van der Waals surface area (Å²) in [5, 5.41) is 24.3. The first-order valence-corrected chi connectivity index (χ1v) is 12.9. The van der Waals surface area contributed by atoms with Crippen molar-refractivity contribution in [2.75, 3.05) is 13.7 Å². The second-order valence-corrected chi connectivity index (χ2v) is 9.98. The summed E-state index contributed by atoms with van der Waals surface area (Å²) < 4.78 is 1.59. The van der Waals surface area contributed by atoms with Gasteiger partial charge in [-0.2, -0.15) is 0 Å². The lowest BCUT2D eigenvalue weighted by Crippen LogP contribution is -2.53. The number of benzene rings is 2. The maximum absolute atomic E-state index is 14.0. The standard InChI is InChI=1S/C28H32N6O4/c1-17-12-13-20-24(23(17)26(36)29-2)28(38)34(19(15-35)14-18-8-4-3-5-9-18)25(20)27(37)30-16-33-22-11-7-6-10-21(22)31-32-33/h3-13,17,19-20,23-25,35H,14-16H2,1-2H3,(H,29,36)(H,30,37)/t17-,19-,20+,23-,24-,25+/m1/s1. The third kappa shape index (κ3) is 4.56. The highest BCUT2D eigenvalue weighted by molar-refractivity contribution is 5.97. The van der Waals surface area contributed by atoms with Crippen LogP contribution in [-0.2, 0) is 27.5 Å². The Morgan fingerprint density at radius 3 is 2.53 bits per heavy atom. The molecule has 1 aromatic heterocycles. The maximum atomic E-state index is 14.0. The minimum Gasteiger partial charge on any atom is -0.394 e. The number of rotatable bonds is 8. The number of carbonyl (C=O) groups is 3. The predicted octanol–water partition coefficient (Wildman–Crippen LogP) is 1.12. The Hall–Kier alpha value is -4.05. The highest BCUT2D eigenvalue weighted by atomic mass is 16.3. The monoisotopic (exact) mass is 516 g/mol. The topological polar surface area (TPSA) is 129 Å². The van der Waals surface area contributed by atoms with Crippen LogP contribution in [0.4, 0.5) is 0 Å². The summed E-state index contributed by atoms with van der Waals surface area (Å²) in [4.78, 5) is 42.2. The SMILES string of the molecule is CNC(=O)[C@H]1[C@@H]2C(=O)N([C@@H](CO)Cc3ccccc3)[C@H](C(=O)NCn3nnc4ccccc43)[C@H]2C=C[C@H]1C. The third-order valence-electron chi connectivity index (χ3n) is 7.77. The highest BCUT2D eigenvalue weighted by Gasteiger charge is 2.57. The van der Waals surface area contributed by atoms with E-state index in [2.05, 4.69) is 20.9 Å². The van der Waals surface area contributed by atoms with E-state index in [9.17, 15) is 19.5 Å². The minimum atomic E-state index is -0.890. The van der Waals surface area contributed by atoms with Crippen molar-refractivity contribution >= 4 is 28.8 Å². The molecule has 0 spiro atoms. The highest BCUT2D eigenvalue weighted by Crippen LogP contribution is 2.45. The average molecular weight is 517 g/mol. The molecule has 10 nitrogen and oxygen atoms in total. The minimum absolute atomic E-state index is 0.0662. The molecule has 1 aliphatic carbocycles. The molecule has 1 saturated heterocycles. The molecule has 0 radical (unpaired) electrons. The molecular formula is C28H32N6O4. The van der Waals surface area contributed by atoms with E-state index in [0.29, 0.717) is 11.9 Å². The number of nitrogens with one attached hydrogen (secondary N) is 2. The molecule has 5 rings (SSSR count). The van der Waals surface area contributed by atoms with E-state index in [1.807, 2.05) is 73.7 Å². The van der Waals surface area contributed by atoms with Crippen LogP contribution in [0, 0.1) is 23.7 Å². The van der Waals surface area contributed by atoms with Crippen molar-refractivity contribution in [1.29, 1.82) is 0 Å². The van der Waals surface area contributed by atoms with Gasteiger partial charge in [-0.3, -0.25) is 14.4 Å². The number of likely N-dealkylation sites (tertiary alicyclic amines) is 1. The fourth-order valence-electron chi connectivity index (χ4n) is 5.93. The predicted molar refractivity (Wildman–Crippen MR) is 140 cm³/mol. The van der Waals surface area contributed by atoms with Crippen LogP contribution in [-0.4, -0.2) is 68.5 Å². The number of aliphatic hydroxyl groups excluding tert-OH is 1. The summed E-state index contributed by atoms with van der Waals surface area (Å²) >= 11 is 0. The number of nitrogens with zero attached hydrogens (tertiary/aromatic N) is 4. The van der Waals surface area contributed by atoms with Gasteiger partial charge in [0.05, 0.1) is 30.0 Å². The van der Waals surface area contributed by atoms with Crippen LogP contribution in [0.1, 0.15) is 12.5 Å². The molecule has 0 saturated carbocycles. The normalized spacial score (nSPS) is 25.3. The van der Waals surface area contributed by atoms with Crippen LogP contribution < -0.4 is 10.6 Å². The van der Waals surface area contributed by atoms with Crippen molar-refractivity contribution < 1.29 is 19.5 Å². The van der Waals surface area contributed by atoms with E-state index in [1.165, 1.54) is 4.90 Å². The van der Waals surface area contributed by atoms with Gasteiger partial charge in [0.2, 0.25) is 17.7 Å². The number of carbonyl (C=O) groups excluding carboxylic acids is 3. The van der Waals surface area contributed by atoms with Crippen LogP contribution in [0.5, 0.6) is 0 Å². The van der Waals surface area contributed by atoms with Crippen molar-refractivity contribution in [2.45, 2.75) is 32.1 Å². The summed E-state index contributed by atoms with van der Waals surface area (Å²) in [6.45, 7) is 1.65. The number of amides is 3. The quantitative estimate of drug-likeness (QED) is 0.385. The zero-order valence-electron chi connectivity index (χ0n) is 21.4. The maximum Gasteiger partial charge on any atom is 0.244 e. The van der Waals surface area contributed by atoms with E-state index in [0.717, 1.165) is 11.1 Å². The van der Waals surface area contributed by atoms with Crippen molar-refractivity contribution in [2.24, 2.45) is 23.7 Å². The fourth-order valence-corrected chi connectivity index (χ4v) is 5.93. The first-order chi connectivity index (χ1) is 18.4. The lowest BCUT2D eigenvalue weighted by molar-refractivity contribution is -0.143. The molecule has 3 aromatic rings. The molecule has 0 unspecified atom stereocenters. The first-order valence-electron chi connectivity index (χ1n) is 12.9. The number of allylic oxidation sites excluding steroid dienone is 1. The summed E-state index contributed by atoms with van der Waals surface area (Å²) in [7, 11) is 1.55. The molecule has 1 fully saturated rings. The van der Waals surface area contributed by atoms with Crippen molar-refractivity contribution in [1.82, 2.24) is 30.5 Å². The lowest BCUT2D eigenvalue weighted by atomic mass is 9.70. The van der Waals surface area contributed by atoms with E-state index >= 15 is 0 Å². The van der Waals surface area contributed by atoms with Gasteiger partial charge in [0, 0.05) is 13.0 Å². The van der Waals surface area contributed by atoms with E-state index in [4.69, 9.17) is 0 Å². The van der Waals surface area contributed by atoms with Gasteiger partial charge in [0.1, 0.15) is 18.2 Å². The molecule has 10 heteroatoms. The summed E-state index contributed by atoms with van der Waals surface area (Å²) in [5.41, 5.74) is 2.42. The largest absolute Gasteiger partial charge is 0.394 e. The molecular weight excluding hydrogens is 484 g/mol. The third-order valence-corrected chi connectivity index (χ3v) is 7.77. The van der Waals surface area contributed by atoms with Crippen LogP contribution in [0.2, 0.25) is 0 Å². The molecule has 6 atom stereocenters. The average Bonchev–Trinajstić information content (AvgIpc) is 3.49. The fraction of sp³-hybridized carbons (Fsp3) is 0.393. The van der Waals surface area contributed by atoms with Crippen LogP contribution in [0.3, 0.4) is 0 Å². The number of hydrogen-bond donors (Lipinski definition) is 3. The second-order valence-electron chi connectivity index (χ2n) is 9.98. The zero-order valence-corrected chi connectivity index (χ0v) is 21.4. The van der Waals surface area contributed by atoms with Gasteiger partial charge >= 0.3 is 0 Å². The molecule has 0 bridgehead atoms. The van der Waals surface area contributed by atoms with Crippen LogP contribution in [0.25, 0.3) is 11.0 Å². The zero-order chi connectivity index (χ0) is 26.8. The van der Waals surface area contributed by atoms with E-state index in [-0.39, 0.29) is 36.9 Å². The summed E-state index contributed by atoms with van der Waals surface area (Å²) in [5.74, 6) is -2.90. The van der Waals surface area contributed by atoms with Gasteiger partial charge in [-0.25, -0.2) is 4.68 Å². The molecule has 1 aliphatic heterocycles. The first kappa shape index (κ1) is 25.6. The molecule has 38 heavy (non-hydrogen) atoms. The summed E-state index contributed by atoms with van der Waals surface area (Å²) in [6.07, 6.45) is 4.18. The molecule has 198 valence electrons. The smallest absolute Gasteiger partial charge is 0.244 e. The molecule has 3 amide bonds. The van der Waals surface area contributed by atoms with Gasteiger partial charge in [0.15, 0.2) is 0 Å². The number of hydrogen-bond acceptors (Lipinski definition) is 6. The molecule has 3 N–H and O–H groups in total. The van der Waals surface area contributed by atoms with Gasteiger partial charge in [0.25, 0.3) is 0 Å². The van der Waals surface area contributed by atoms with Gasteiger partial charge in [-0.15, -0.1) is 5.10 Å². The Labute approximate surface area is 220 Å². The Kier molecular flexibility index (Phi) is 7.24.